The SMILES string of the molecule is CNCCc1sc(CCN(C)C)nc1-c1ccccc1. The Hall–Kier alpha value is -1.23. The summed E-state index contributed by atoms with van der Waals surface area (Å²) in [6, 6.07) is 10.5. The maximum absolute atomic E-state index is 4.87. The largest absolute Gasteiger partial charge is 0.319 e. The van der Waals surface area contributed by atoms with Crippen molar-refractivity contribution in [1.82, 2.24) is 15.2 Å². The molecule has 0 fully saturated rings. The minimum absolute atomic E-state index is 0.995. The van der Waals surface area contributed by atoms with Gasteiger partial charge in [0.15, 0.2) is 0 Å². The zero-order chi connectivity index (χ0) is 14.4. The zero-order valence-electron chi connectivity index (χ0n) is 12.5. The molecule has 4 heteroatoms. The van der Waals surface area contributed by atoms with Gasteiger partial charge in [0.05, 0.1) is 10.7 Å². The molecule has 0 bridgehead atoms. The first-order chi connectivity index (χ1) is 9.70. The molecule has 108 valence electrons. The van der Waals surface area contributed by atoms with E-state index in [9.17, 15) is 0 Å². The minimum atomic E-state index is 0.995. The Morgan fingerprint density at radius 1 is 1.15 bits per heavy atom. The Kier molecular flexibility index (Phi) is 5.71. The fourth-order valence-corrected chi connectivity index (χ4v) is 3.14. The molecular formula is C16H23N3S. The quantitative estimate of drug-likeness (QED) is 0.849. The molecule has 0 amide bonds. The Bertz CT molecular complexity index is 520. The number of nitrogens with zero attached hydrogens (tertiary/aromatic N) is 2. The van der Waals surface area contributed by atoms with E-state index in [1.807, 2.05) is 18.4 Å². The number of hydrogen-bond donors (Lipinski definition) is 1. The average molecular weight is 289 g/mol. The standard InChI is InChI=1S/C16H23N3S/c1-17-11-9-14-16(13-7-5-4-6-8-13)18-15(20-14)10-12-19(2)3/h4-8,17H,9-12H2,1-3H3. The third-order valence-electron chi connectivity index (χ3n) is 3.16. The second-order valence-corrected chi connectivity index (χ2v) is 6.32. The molecule has 1 aromatic carbocycles. The summed E-state index contributed by atoms with van der Waals surface area (Å²) in [6.07, 6.45) is 2.07. The maximum atomic E-state index is 4.87. The number of aromatic nitrogens is 1. The van der Waals surface area contributed by atoms with Crippen molar-refractivity contribution >= 4 is 11.3 Å². The van der Waals surface area contributed by atoms with Gasteiger partial charge in [-0.1, -0.05) is 30.3 Å². The molecule has 2 aromatic rings. The maximum Gasteiger partial charge on any atom is 0.0948 e. The smallest absolute Gasteiger partial charge is 0.0948 e. The fraction of sp³-hybridized carbons (Fsp3) is 0.438. The molecule has 0 aliphatic rings. The highest BCUT2D eigenvalue weighted by atomic mass is 32.1. The second kappa shape index (κ2) is 7.53. The van der Waals surface area contributed by atoms with Gasteiger partial charge in [-0.05, 0) is 34.1 Å². The van der Waals surface area contributed by atoms with Gasteiger partial charge in [-0.25, -0.2) is 4.98 Å². The number of likely N-dealkylation sites (N-methyl/N-ethyl adjacent to an activating group) is 2. The van der Waals surface area contributed by atoms with Gasteiger partial charge >= 0.3 is 0 Å². The number of benzene rings is 1. The highest BCUT2D eigenvalue weighted by Crippen LogP contribution is 2.28. The third kappa shape index (κ3) is 4.13. The van der Waals surface area contributed by atoms with Crippen molar-refractivity contribution in [2.75, 3.05) is 34.2 Å². The molecular weight excluding hydrogens is 266 g/mol. The van der Waals surface area contributed by atoms with Crippen molar-refractivity contribution in [2.24, 2.45) is 0 Å². The Morgan fingerprint density at radius 2 is 1.90 bits per heavy atom. The summed E-state index contributed by atoms with van der Waals surface area (Å²) in [5.74, 6) is 0. The van der Waals surface area contributed by atoms with Crippen molar-refractivity contribution in [2.45, 2.75) is 12.8 Å². The molecule has 0 atom stereocenters. The van der Waals surface area contributed by atoms with E-state index in [0.29, 0.717) is 0 Å². The van der Waals surface area contributed by atoms with Crippen molar-refractivity contribution in [3.8, 4) is 11.3 Å². The first-order valence-electron chi connectivity index (χ1n) is 7.04. The van der Waals surface area contributed by atoms with Gasteiger partial charge in [-0.2, -0.15) is 0 Å². The fourth-order valence-electron chi connectivity index (χ4n) is 2.06. The van der Waals surface area contributed by atoms with E-state index in [0.717, 1.165) is 25.9 Å². The molecule has 1 heterocycles. The lowest BCUT2D eigenvalue weighted by molar-refractivity contribution is 0.413. The molecule has 0 aliphatic carbocycles. The number of nitrogens with one attached hydrogen (secondary N) is 1. The highest BCUT2D eigenvalue weighted by Gasteiger charge is 2.12. The summed E-state index contributed by atoms with van der Waals surface area (Å²) in [6.45, 7) is 2.04. The van der Waals surface area contributed by atoms with Crippen LogP contribution in [0.1, 0.15) is 9.88 Å². The molecule has 3 nitrogen and oxygen atoms in total. The summed E-state index contributed by atoms with van der Waals surface area (Å²) in [5.41, 5.74) is 2.39. The predicted octanol–water partition coefficient (Wildman–Crippen LogP) is 2.68. The predicted molar refractivity (Wildman–Crippen MR) is 87.4 cm³/mol. The third-order valence-corrected chi connectivity index (χ3v) is 4.34. The van der Waals surface area contributed by atoms with Crippen molar-refractivity contribution in [3.05, 3.63) is 40.2 Å². The summed E-state index contributed by atoms with van der Waals surface area (Å²) in [5, 5.41) is 4.46. The van der Waals surface area contributed by atoms with E-state index in [4.69, 9.17) is 4.98 Å². The van der Waals surface area contributed by atoms with Crippen LogP contribution in [0.3, 0.4) is 0 Å². The number of thiazole rings is 1. The van der Waals surface area contributed by atoms with Crippen LogP contribution in [0.4, 0.5) is 0 Å². The van der Waals surface area contributed by atoms with Gasteiger partial charge in [0.25, 0.3) is 0 Å². The molecule has 2 rings (SSSR count). The van der Waals surface area contributed by atoms with E-state index in [-0.39, 0.29) is 0 Å². The average Bonchev–Trinajstić information content (AvgIpc) is 2.87. The van der Waals surface area contributed by atoms with E-state index >= 15 is 0 Å². The van der Waals surface area contributed by atoms with Gasteiger partial charge in [-0.15, -0.1) is 11.3 Å². The first-order valence-corrected chi connectivity index (χ1v) is 7.85. The van der Waals surface area contributed by atoms with Crippen LogP contribution in [0, 0.1) is 0 Å². The molecule has 0 radical (unpaired) electrons. The lowest BCUT2D eigenvalue weighted by atomic mass is 10.1. The van der Waals surface area contributed by atoms with Crippen LogP contribution in [0.2, 0.25) is 0 Å². The molecule has 0 saturated carbocycles. The van der Waals surface area contributed by atoms with Crippen LogP contribution in [-0.4, -0.2) is 44.1 Å². The Balaban J connectivity index is 2.23. The Labute approximate surface area is 125 Å². The summed E-state index contributed by atoms with van der Waals surface area (Å²) >= 11 is 1.86. The number of rotatable bonds is 7. The van der Waals surface area contributed by atoms with Gasteiger partial charge in [0.1, 0.15) is 0 Å². The van der Waals surface area contributed by atoms with Crippen molar-refractivity contribution in [1.29, 1.82) is 0 Å². The topological polar surface area (TPSA) is 28.2 Å². The lowest BCUT2D eigenvalue weighted by Gasteiger charge is -2.06. The van der Waals surface area contributed by atoms with Gasteiger partial charge in [0.2, 0.25) is 0 Å². The van der Waals surface area contributed by atoms with Gasteiger partial charge in [-0.3, -0.25) is 0 Å². The number of hydrogen-bond acceptors (Lipinski definition) is 4. The first kappa shape index (κ1) is 15.2. The van der Waals surface area contributed by atoms with E-state index < -0.39 is 0 Å². The van der Waals surface area contributed by atoms with Crippen LogP contribution in [0.25, 0.3) is 11.3 Å². The van der Waals surface area contributed by atoms with Crippen molar-refractivity contribution < 1.29 is 0 Å². The minimum Gasteiger partial charge on any atom is -0.319 e. The molecule has 1 aromatic heterocycles. The monoisotopic (exact) mass is 289 g/mol. The van der Waals surface area contributed by atoms with Crippen LogP contribution in [0.15, 0.2) is 30.3 Å². The lowest BCUT2D eigenvalue weighted by Crippen LogP contribution is -2.14. The highest BCUT2D eigenvalue weighted by molar-refractivity contribution is 7.12. The van der Waals surface area contributed by atoms with Crippen LogP contribution >= 0.6 is 11.3 Å². The Morgan fingerprint density at radius 3 is 2.55 bits per heavy atom. The summed E-state index contributed by atoms with van der Waals surface area (Å²) in [4.78, 5) is 8.46. The van der Waals surface area contributed by atoms with E-state index in [1.54, 1.807) is 0 Å². The second-order valence-electron chi connectivity index (χ2n) is 5.15. The van der Waals surface area contributed by atoms with E-state index in [2.05, 4.69) is 54.6 Å². The molecule has 0 unspecified atom stereocenters. The summed E-state index contributed by atoms with van der Waals surface area (Å²) < 4.78 is 0. The zero-order valence-corrected chi connectivity index (χ0v) is 13.3. The van der Waals surface area contributed by atoms with Crippen LogP contribution < -0.4 is 5.32 Å². The van der Waals surface area contributed by atoms with E-state index in [1.165, 1.54) is 21.1 Å². The van der Waals surface area contributed by atoms with Crippen LogP contribution in [0.5, 0.6) is 0 Å². The molecule has 20 heavy (non-hydrogen) atoms. The van der Waals surface area contributed by atoms with Crippen molar-refractivity contribution in [3.63, 3.8) is 0 Å². The van der Waals surface area contributed by atoms with Crippen LogP contribution in [-0.2, 0) is 12.8 Å². The molecule has 0 aliphatic heterocycles. The van der Waals surface area contributed by atoms with Gasteiger partial charge < -0.3 is 10.2 Å². The molecule has 1 N–H and O–H groups in total. The summed E-state index contributed by atoms with van der Waals surface area (Å²) in [7, 11) is 6.21. The molecule has 0 spiro atoms. The molecule has 0 saturated heterocycles. The normalized spacial score (nSPS) is 11.2. The van der Waals surface area contributed by atoms with Gasteiger partial charge in [0, 0.05) is 23.4 Å².